The van der Waals surface area contributed by atoms with Crippen molar-refractivity contribution >= 4 is 22.8 Å². The van der Waals surface area contributed by atoms with Crippen molar-refractivity contribution in [3.63, 3.8) is 0 Å². The van der Waals surface area contributed by atoms with E-state index in [4.69, 9.17) is 5.73 Å². The van der Waals surface area contributed by atoms with E-state index in [1.54, 1.807) is 6.20 Å². The van der Waals surface area contributed by atoms with Crippen molar-refractivity contribution in [2.24, 2.45) is 0 Å². The Morgan fingerprint density at radius 2 is 2.00 bits per heavy atom. The first-order chi connectivity index (χ1) is 9.58. The molecular formula is C15H17N5. The molecule has 0 aliphatic rings. The molecule has 5 nitrogen and oxygen atoms in total. The molecule has 0 amide bonds. The Hall–Kier alpha value is -2.56. The summed E-state index contributed by atoms with van der Waals surface area (Å²) < 4.78 is 1.88. The van der Waals surface area contributed by atoms with Gasteiger partial charge in [0.15, 0.2) is 5.65 Å². The number of aryl methyl sites for hydroxylation is 1. The second kappa shape index (κ2) is 4.52. The molecule has 0 saturated heterocycles. The molecule has 102 valence electrons. The van der Waals surface area contributed by atoms with Gasteiger partial charge in [-0.15, -0.1) is 0 Å². The summed E-state index contributed by atoms with van der Waals surface area (Å²) in [6, 6.07) is 10.1. The molecule has 0 atom stereocenters. The van der Waals surface area contributed by atoms with E-state index in [0.29, 0.717) is 5.95 Å². The molecule has 0 radical (unpaired) electrons. The van der Waals surface area contributed by atoms with E-state index in [1.165, 1.54) is 0 Å². The van der Waals surface area contributed by atoms with Gasteiger partial charge < -0.3 is 10.6 Å². The molecule has 0 aliphatic carbocycles. The Morgan fingerprint density at radius 1 is 1.20 bits per heavy atom. The van der Waals surface area contributed by atoms with Crippen LogP contribution in [-0.2, 0) is 0 Å². The van der Waals surface area contributed by atoms with Crippen LogP contribution in [0.25, 0.3) is 16.9 Å². The molecule has 1 aromatic carbocycles. The molecular weight excluding hydrogens is 250 g/mol. The highest BCUT2D eigenvalue weighted by Crippen LogP contribution is 2.25. The van der Waals surface area contributed by atoms with Crippen LogP contribution in [0.3, 0.4) is 0 Å². The summed E-state index contributed by atoms with van der Waals surface area (Å²) in [5.41, 5.74) is 10.9. The van der Waals surface area contributed by atoms with Crippen molar-refractivity contribution in [2.45, 2.75) is 6.92 Å². The Morgan fingerprint density at radius 3 is 2.75 bits per heavy atom. The lowest BCUT2D eigenvalue weighted by atomic mass is 10.2. The highest BCUT2D eigenvalue weighted by atomic mass is 15.2. The van der Waals surface area contributed by atoms with Crippen LogP contribution in [0, 0.1) is 6.92 Å². The summed E-state index contributed by atoms with van der Waals surface area (Å²) in [6.07, 6.45) is 1.78. The van der Waals surface area contributed by atoms with E-state index in [2.05, 4.69) is 27.0 Å². The van der Waals surface area contributed by atoms with Crippen molar-refractivity contribution in [2.75, 3.05) is 24.7 Å². The number of nitrogens with zero attached hydrogens (tertiary/aromatic N) is 4. The summed E-state index contributed by atoms with van der Waals surface area (Å²) in [5, 5.41) is 0. The zero-order chi connectivity index (χ0) is 14.3. The second-order valence-corrected chi connectivity index (χ2v) is 5.02. The van der Waals surface area contributed by atoms with Gasteiger partial charge in [-0.05, 0) is 36.8 Å². The van der Waals surface area contributed by atoms with Crippen LogP contribution >= 0.6 is 0 Å². The number of pyridine rings is 1. The van der Waals surface area contributed by atoms with Gasteiger partial charge in [-0.25, -0.2) is 9.97 Å². The van der Waals surface area contributed by atoms with Crippen molar-refractivity contribution in [1.29, 1.82) is 0 Å². The number of fused-ring (bicyclic) bond motifs is 1. The van der Waals surface area contributed by atoms with Crippen LogP contribution < -0.4 is 10.6 Å². The molecule has 0 aliphatic heterocycles. The monoisotopic (exact) mass is 267 g/mol. The van der Waals surface area contributed by atoms with Crippen LogP contribution in [0.15, 0.2) is 36.5 Å². The highest BCUT2D eigenvalue weighted by Gasteiger charge is 2.13. The SMILES string of the molecule is Cc1ccnc2c1nc(N)n2-c1cccc(N(C)C)c1. The van der Waals surface area contributed by atoms with Crippen LogP contribution in [0.1, 0.15) is 5.56 Å². The average molecular weight is 267 g/mol. The lowest BCUT2D eigenvalue weighted by Gasteiger charge is -2.14. The van der Waals surface area contributed by atoms with Crippen LogP contribution in [0.5, 0.6) is 0 Å². The first-order valence-corrected chi connectivity index (χ1v) is 6.45. The smallest absolute Gasteiger partial charge is 0.207 e. The van der Waals surface area contributed by atoms with Crippen LogP contribution in [-0.4, -0.2) is 28.6 Å². The molecule has 2 aromatic heterocycles. The van der Waals surface area contributed by atoms with Crippen molar-refractivity contribution in [3.05, 3.63) is 42.1 Å². The minimum atomic E-state index is 0.456. The van der Waals surface area contributed by atoms with Gasteiger partial charge in [-0.1, -0.05) is 6.07 Å². The fourth-order valence-corrected chi connectivity index (χ4v) is 2.28. The number of hydrogen-bond donors (Lipinski definition) is 1. The Bertz CT molecular complexity index is 773. The number of nitrogen functional groups attached to an aromatic ring is 1. The van der Waals surface area contributed by atoms with Gasteiger partial charge in [0.05, 0.1) is 5.69 Å². The van der Waals surface area contributed by atoms with Crippen molar-refractivity contribution in [1.82, 2.24) is 14.5 Å². The number of benzene rings is 1. The summed E-state index contributed by atoms with van der Waals surface area (Å²) in [7, 11) is 4.02. The third-order valence-corrected chi connectivity index (χ3v) is 3.38. The van der Waals surface area contributed by atoms with Gasteiger partial charge in [0, 0.05) is 26.0 Å². The minimum Gasteiger partial charge on any atom is -0.378 e. The molecule has 20 heavy (non-hydrogen) atoms. The van der Waals surface area contributed by atoms with Gasteiger partial charge in [-0.2, -0.15) is 0 Å². The maximum absolute atomic E-state index is 6.08. The number of imidazole rings is 1. The fraction of sp³-hybridized carbons (Fsp3) is 0.200. The molecule has 0 saturated carbocycles. The first-order valence-electron chi connectivity index (χ1n) is 6.45. The van der Waals surface area contributed by atoms with Crippen molar-refractivity contribution in [3.8, 4) is 5.69 Å². The summed E-state index contributed by atoms with van der Waals surface area (Å²) in [4.78, 5) is 10.9. The van der Waals surface area contributed by atoms with Gasteiger partial charge in [0.25, 0.3) is 0 Å². The van der Waals surface area contributed by atoms with Gasteiger partial charge >= 0.3 is 0 Å². The first kappa shape index (κ1) is 12.5. The Balaban J connectivity index is 2.27. The molecule has 5 heteroatoms. The summed E-state index contributed by atoms with van der Waals surface area (Å²) >= 11 is 0. The Labute approximate surface area is 117 Å². The average Bonchev–Trinajstić information content (AvgIpc) is 2.77. The number of hydrogen-bond acceptors (Lipinski definition) is 4. The molecule has 0 bridgehead atoms. The minimum absolute atomic E-state index is 0.456. The zero-order valence-corrected chi connectivity index (χ0v) is 11.8. The topological polar surface area (TPSA) is 60.0 Å². The maximum atomic E-state index is 6.08. The van der Waals surface area contributed by atoms with E-state index in [0.717, 1.165) is 28.1 Å². The molecule has 0 fully saturated rings. The second-order valence-electron chi connectivity index (χ2n) is 5.02. The van der Waals surface area contributed by atoms with Crippen LogP contribution in [0.2, 0.25) is 0 Å². The zero-order valence-electron chi connectivity index (χ0n) is 11.8. The van der Waals surface area contributed by atoms with Gasteiger partial charge in [0.1, 0.15) is 5.52 Å². The lowest BCUT2D eigenvalue weighted by molar-refractivity contribution is 1.07. The highest BCUT2D eigenvalue weighted by molar-refractivity contribution is 5.80. The van der Waals surface area contributed by atoms with Gasteiger partial charge in [0.2, 0.25) is 5.95 Å². The molecule has 0 unspecified atom stereocenters. The standard InChI is InChI=1S/C15H17N5/c1-10-7-8-17-14-13(10)18-15(16)20(14)12-6-4-5-11(9-12)19(2)3/h4-9H,1-3H3,(H2,16,18). The van der Waals surface area contributed by atoms with E-state index in [-0.39, 0.29) is 0 Å². The predicted molar refractivity (Wildman–Crippen MR) is 82.3 cm³/mol. The summed E-state index contributed by atoms with van der Waals surface area (Å²) in [6.45, 7) is 2.01. The van der Waals surface area contributed by atoms with Gasteiger partial charge in [-0.3, -0.25) is 4.57 Å². The fourth-order valence-electron chi connectivity index (χ4n) is 2.28. The predicted octanol–water partition coefficient (Wildman–Crippen LogP) is 2.38. The van der Waals surface area contributed by atoms with Crippen LogP contribution in [0.4, 0.5) is 11.6 Å². The third-order valence-electron chi connectivity index (χ3n) is 3.38. The third kappa shape index (κ3) is 1.87. The molecule has 0 spiro atoms. The normalized spacial score (nSPS) is 10.9. The number of anilines is 2. The number of rotatable bonds is 2. The molecule has 2 N–H and O–H groups in total. The van der Waals surface area contributed by atoms with E-state index in [1.807, 2.05) is 43.8 Å². The van der Waals surface area contributed by atoms with E-state index in [9.17, 15) is 0 Å². The number of aromatic nitrogens is 3. The molecule has 3 aromatic rings. The van der Waals surface area contributed by atoms with E-state index >= 15 is 0 Å². The van der Waals surface area contributed by atoms with Crippen molar-refractivity contribution < 1.29 is 0 Å². The lowest BCUT2D eigenvalue weighted by Crippen LogP contribution is -2.09. The number of nitrogens with two attached hydrogens (primary N) is 1. The largest absolute Gasteiger partial charge is 0.378 e. The quantitative estimate of drug-likeness (QED) is 0.774. The molecule has 3 rings (SSSR count). The maximum Gasteiger partial charge on any atom is 0.207 e. The Kier molecular flexibility index (Phi) is 2.82. The summed E-state index contributed by atoms with van der Waals surface area (Å²) in [5.74, 6) is 0.456. The molecule has 2 heterocycles. The van der Waals surface area contributed by atoms with E-state index < -0.39 is 0 Å².